The third-order valence-corrected chi connectivity index (χ3v) is 7.71. The molecule has 0 spiro atoms. The fourth-order valence-corrected chi connectivity index (χ4v) is 5.60. The molecule has 15 heteroatoms. The molecule has 12 nitrogen and oxygen atoms in total. The molecule has 4 aromatic rings. The highest BCUT2D eigenvalue weighted by atomic mass is 35.5. The highest BCUT2D eigenvalue weighted by molar-refractivity contribution is 7.89. The van der Waals surface area contributed by atoms with Gasteiger partial charge >= 0.3 is 0 Å². The predicted octanol–water partition coefficient (Wildman–Crippen LogP) is 3.34. The summed E-state index contributed by atoms with van der Waals surface area (Å²) in [5, 5.41) is 3.64. The van der Waals surface area contributed by atoms with E-state index in [0.717, 1.165) is 18.0 Å². The van der Waals surface area contributed by atoms with Gasteiger partial charge in [-0.15, -0.1) is 0 Å². The third kappa shape index (κ3) is 6.70. The summed E-state index contributed by atoms with van der Waals surface area (Å²) in [5.41, 5.74) is 1.78. The largest absolute Gasteiger partial charge is 0.472 e. The number of halogens is 2. The summed E-state index contributed by atoms with van der Waals surface area (Å²) in [6, 6.07) is 8.92. The van der Waals surface area contributed by atoms with E-state index in [2.05, 4.69) is 15.3 Å². The van der Waals surface area contributed by atoms with Gasteiger partial charge in [-0.1, -0.05) is 17.7 Å². The molecule has 1 aliphatic rings. The molecule has 3 aromatic heterocycles. The average Bonchev–Trinajstić information content (AvgIpc) is 3.40. The van der Waals surface area contributed by atoms with Gasteiger partial charge in [0.2, 0.25) is 21.9 Å². The zero-order valence-electron chi connectivity index (χ0n) is 23.8. The standard InChI is InChI=1S/C28H29ClFN7O5S/c1-15-11-19(16(2)32-21-6-7-22(29)33-25(21)26(38)35-43(4,40)41)24-20(12-15)27(39)36(3)28(34-24)37-10-9-18(14-37)42-23-8-5-17(30)13-31-23/h5-8,11-13,16,18,32H,9-10,14H2,1-4H3,(H,35,38)/t16-,18+/m1/s1. The molecule has 1 saturated heterocycles. The molecule has 1 aromatic carbocycles. The number of fused-ring (bicyclic) bond motifs is 1. The van der Waals surface area contributed by atoms with Crippen molar-refractivity contribution in [1.29, 1.82) is 0 Å². The summed E-state index contributed by atoms with van der Waals surface area (Å²) in [4.78, 5) is 41.2. The quantitative estimate of drug-likeness (QED) is 0.278. The highest BCUT2D eigenvalue weighted by Crippen LogP contribution is 2.30. The summed E-state index contributed by atoms with van der Waals surface area (Å²) < 4.78 is 45.9. The molecule has 226 valence electrons. The maximum Gasteiger partial charge on any atom is 0.285 e. The molecule has 0 bridgehead atoms. The minimum atomic E-state index is -3.85. The minimum Gasteiger partial charge on any atom is -0.472 e. The van der Waals surface area contributed by atoms with Gasteiger partial charge in [-0.25, -0.2) is 32.5 Å². The van der Waals surface area contributed by atoms with Gasteiger partial charge < -0.3 is 15.0 Å². The number of hydrogen-bond donors (Lipinski definition) is 2. The molecular formula is C28H29ClFN7O5S. The van der Waals surface area contributed by atoms with Crippen LogP contribution < -0.4 is 25.2 Å². The second kappa shape index (κ2) is 11.8. The van der Waals surface area contributed by atoms with E-state index in [1.165, 1.54) is 28.8 Å². The van der Waals surface area contributed by atoms with Gasteiger partial charge in [0.25, 0.3) is 11.5 Å². The van der Waals surface area contributed by atoms with Crippen molar-refractivity contribution in [3.05, 3.63) is 80.7 Å². The van der Waals surface area contributed by atoms with Crippen LogP contribution in [0, 0.1) is 12.7 Å². The first-order chi connectivity index (χ1) is 20.3. The van der Waals surface area contributed by atoms with Crippen LogP contribution in [0.15, 0.2) is 47.4 Å². The molecule has 2 atom stereocenters. The van der Waals surface area contributed by atoms with Crippen LogP contribution in [0.25, 0.3) is 10.9 Å². The molecule has 0 unspecified atom stereocenters. The van der Waals surface area contributed by atoms with Gasteiger partial charge in [0.15, 0.2) is 5.69 Å². The van der Waals surface area contributed by atoms with E-state index < -0.39 is 27.8 Å². The fourth-order valence-electron chi connectivity index (χ4n) is 5.02. The van der Waals surface area contributed by atoms with Crippen LogP contribution in [-0.2, 0) is 17.1 Å². The van der Waals surface area contributed by atoms with Crippen LogP contribution in [0.5, 0.6) is 5.88 Å². The number of pyridine rings is 2. The van der Waals surface area contributed by atoms with E-state index in [1.807, 2.05) is 29.5 Å². The number of aromatic nitrogens is 4. The van der Waals surface area contributed by atoms with E-state index in [1.54, 1.807) is 13.1 Å². The Bertz CT molecular complexity index is 1890. The molecule has 4 heterocycles. The summed E-state index contributed by atoms with van der Waals surface area (Å²) in [6.45, 7) is 4.70. The number of rotatable bonds is 8. The highest BCUT2D eigenvalue weighted by Gasteiger charge is 2.29. The monoisotopic (exact) mass is 629 g/mol. The van der Waals surface area contributed by atoms with Crippen LogP contribution in [0.1, 0.15) is 41.0 Å². The number of hydrogen-bond acceptors (Lipinski definition) is 10. The number of benzene rings is 1. The number of sulfonamides is 1. The van der Waals surface area contributed by atoms with Crippen LogP contribution in [0.3, 0.4) is 0 Å². The Morgan fingerprint density at radius 3 is 2.67 bits per heavy atom. The first-order valence-corrected chi connectivity index (χ1v) is 15.6. The lowest BCUT2D eigenvalue weighted by Crippen LogP contribution is -2.32. The summed E-state index contributed by atoms with van der Waals surface area (Å²) in [6.07, 6.45) is 2.37. The van der Waals surface area contributed by atoms with E-state index in [-0.39, 0.29) is 28.2 Å². The van der Waals surface area contributed by atoms with Crippen molar-refractivity contribution in [1.82, 2.24) is 24.2 Å². The van der Waals surface area contributed by atoms with Crippen molar-refractivity contribution in [2.45, 2.75) is 32.4 Å². The van der Waals surface area contributed by atoms with E-state index in [0.29, 0.717) is 47.8 Å². The lowest BCUT2D eigenvalue weighted by molar-refractivity contribution is 0.0977. The second-order valence-electron chi connectivity index (χ2n) is 10.4. The smallest absolute Gasteiger partial charge is 0.285 e. The van der Waals surface area contributed by atoms with E-state index in [4.69, 9.17) is 21.3 Å². The molecule has 0 aliphatic carbocycles. The fraction of sp³-hybridized carbons (Fsp3) is 0.321. The average molecular weight is 630 g/mol. The van der Waals surface area contributed by atoms with E-state index >= 15 is 0 Å². The molecule has 43 heavy (non-hydrogen) atoms. The Balaban J connectivity index is 1.48. The van der Waals surface area contributed by atoms with Gasteiger partial charge in [0, 0.05) is 31.6 Å². The number of nitrogens with zero attached hydrogens (tertiary/aromatic N) is 5. The van der Waals surface area contributed by atoms with Crippen molar-refractivity contribution >= 4 is 50.1 Å². The van der Waals surface area contributed by atoms with Gasteiger partial charge in [-0.05, 0) is 43.7 Å². The minimum absolute atomic E-state index is 0.00997. The SMILES string of the molecule is Cc1cc([C@@H](C)Nc2ccc(Cl)nc2C(=O)NS(C)(=O)=O)c2nc(N3CC[C@H](Oc4ccc(F)cn4)C3)n(C)c(=O)c2c1. The first-order valence-electron chi connectivity index (χ1n) is 13.3. The van der Waals surface area contributed by atoms with Crippen LogP contribution in [0.4, 0.5) is 16.0 Å². The number of carbonyl (C=O) groups excluding carboxylic acids is 1. The van der Waals surface area contributed by atoms with Crippen LogP contribution in [-0.4, -0.2) is 59.3 Å². The number of anilines is 2. The lowest BCUT2D eigenvalue weighted by Gasteiger charge is -2.23. The molecule has 5 rings (SSSR count). The number of aryl methyl sites for hydroxylation is 1. The van der Waals surface area contributed by atoms with Gasteiger partial charge in [-0.2, -0.15) is 0 Å². The molecular weight excluding hydrogens is 601 g/mol. The molecule has 0 saturated carbocycles. The van der Waals surface area contributed by atoms with Gasteiger partial charge in [0.1, 0.15) is 17.1 Å². The molecule has 1 aliphatic heterocycles. The molecule has 0 radical (unpaired) electrons. The summed E-state index contributed by atoms with van der Waals surface area (Å²) in [5.74, 6) is -0.627. The molecule has 1 amide bonds. The lowest BCUT2D eigenvalue weighted by atomic mass is 10.0. The maximum atomic E-state index is 13.6. The van der Waals surface area contributed by atoms with Crippen molar-refractivity contribution in [3.8, 4) is 5.88 Å². The van der Waals surface area contributed by atoms with Crippen molar-refractivity contribution in [3.63, 3.8) is 0 Å². The second-order valence-corrected chi connectivity index (χ2v) is 12.6. The van der Waals surface area contributed by atoms with Crippen molar-refractivity contribution in [2.75, 3.05) is 29.6 Å². The van der Waals surface area contributed by atoms with Crippen LogP contribution >= 0.6 is 11.6 Å². The zero-order chi connectivity index (χ0) is 31.1. The maximum absolute atomic E-state index is 13.6. The zero-order valence-corrected chi connectivity index (χ0v) is 25.3. The summed E-state index contributed by atoms with van der Waals surface area (Å²) >= 11 is 6.01. The number of nitrogens with one attached hydrogen (secondary N) is 2. The Hall–Kier alpha value is -4.30. The Morgan fingerprint density at radius 2 is 1.98 bits per heavy atom. The molecule has 1 fully saturated rings. The van der Waals surface area contributed by atoms with Crippen LogP contribution in [0.2, 0.25) is 5.15 Å². The Morgan fingerprint density at radius 1 is 1.21 bits per heavy atom. The normalized spacial score (nSPS) is 15.9. The number of amides is 1. The topological polar surface area (TPSA) is 148 Å². The Kier molecular flexibility index (Phi) is 8.25. The van der Waals surface area contributed by atoms with Gasteiger partial charge in [-0.3, -0.25) is 14.2 Å². The van der Waals surface area contributed by atoms with Crippen molar-refractivity contribution < 1.29 is 22.3 Å². The third-order valence-electron chi connectivity index (χ3n) is 6.94. The first kappa shape index (κ1) is 30.2. The van der Waals surface area contributed by atoms with Gasteiger partial charge in [0.05, 0.1) is 41.6 Å². The summed E-state index contributed by atoms with van der Waals surface area (Å²) in [7, 11) is -2.19. The Labute approximate surface area is 251 Å². The number of ether oxygens (including phenoxy) is 1. The predicted molar refractivity (Wildman–Crippen MR) is 161 cm³/mol. The van der Waals surface area contributed by atoms with E-state index in [9.17, 15) is 22.4 Å². The molecule has 2 N–H and O–H groups in total. The van der Waals surface area contributed by atoms with Crippen molar-refractivity contribution in [2.24, 2.45) is 7.05 Å². The number of carbonyl (C=O) groups is 1.